The lowest BCUT2D eigenvalue weighted by molar-refractivity contribution is 0.391. The van der Waals surface area contributed by atoms with Crippen molar-refractivity contribution in [2.45, 2.75) is 80.1 Å². The normalized spacial score (nSPS) is 12.7. The van der Waals surface area contributed by atoms with Crippen molar-refractivity contribution in [1.29, 1.82) is 0 Å². The highest BCUT2D eigenvalue weighted by Gasteiger charge is 2.29. The van der Waals surface area contributed by atoms with Crippen LogP contribution in [0.3, 0.4) is 0 Å². The van der Waals surface area contributed by atoms with E-state index in [2.05, 4.69) is 190 Å². The van der Waals surface area contributed by atoms with Crippen LogP contribution in [0, 0.1) is 20.8 Å². The molecule has 0 aliphatic carbocycles. The van der Waals surface area contributed by atoms with Crippen LogP contribution in [0.25, 0.3) is 0 Å². The Kier molecular flexibility index (Phi) is 13.7. The third-order valence-electron chi connectivity index (χ3n) is 10.5. The second-order valence-electron chi connectivity index (χ2n) is 15.8. The first kappa shape index (κ1) is 40.5. The fourth-order valence-corrected chi connectivity index (χ4v) is 16.1. The lowest BCUT2D eigenvalue weighted by Crippen LogP contribution is -2.34. The van der Waals surface area contributed by atoms with E-state index in [-0.39, 0.29) is 0 Å². The molecule has 0 aliphatic rings. The summed E-state index contributed by atoms with van der Waals surface area (Å²) in [6.07, 6.45) is 0. The number of aryl methyl sites for hydroxylation is 3. The molecule has 6 aromatic carbocycles. The predicted octanol–water partition coefficient (Wildman–Crippen LogP) is 7.10. The van der Waals surface area contributed by atoms with Gasteiger partial charge in [-0.3, -0.25) is 0 Å². The Balaban J connectivity index is 1.51. The smallest absolute Gasteiger partial charge is 0.409 e. The van der Waals surface area contributed by atoms with Gasteiger partial charge in [0.05, 0.1) is 28.6 Å². The summed E-state index contributed by atoms with van der Waals surface area (Å²) in [7, 11) is -4.59. The number of hydrogen-bond acceptors (Lipinski definition) is 3. The molecule has 0 radical (unpaired) electrons. The molecule has 0 amide bonds. The molecule has 7 heteroatoms. The molecule has 0 fully saturated rings. The molecular weight excluding hydrogens is 740 g/mol. The van der Waals surface area contributed by atoms with Crippen molar-refractivity contribution in [3.8, 4) is 17.2 Å². The SMILES string of the molecule is Cc1ccc(OP(Oc2ccc(C)c(C(C)C)c2[SiH2]c2ccccc2)Oc2ccc(C)c(C(C)C)c2[SiH2]c2ccccc2)c([SiH2]c2ccccc2)c1C(C)C. The van der Waals surface area contributed by atoms with Gasteiger partial charge in [-0.05, 0) is 106 Å². The molecule has 0 spiro atoms. The second-order valence-corrected chi connectivity index (χ2v) is 22.4. The van der Waals surface area contributed by atoms with Gasteiger partial charge in [-0.1, -0.05) is 166 Å². The zero-order valence-electron chi connectivity index (χ0n) is 34.1. The van der Waals surface area contributed by atoms with Crippen LogP contribution in [0.15, 0.2) is 127 Å². The summed E-state index contributed by atoms with van der Waals surface area (Å²) < 4.78 is 21.7. The van der Waals surface area contributed by atoms with E-state index in [0.29, 0.717) is 17.8 Å². The minimum atomic E-state index is -1.92. The molecule has 0 bridgehead atoms. The van der Waals surface area contributed by atoms with Crippen molar-refractivity contribution in [2.24, 2.45) is 0 Å². The summed E-state index contributed by atoms with van der Waals surface area (Å²) in [5, 5.41) is 8.15. The summed E-state index contributed by atoms with van der Waals surface area (Å²) in [5.41, 5.74) is 8.06. The first-order valence-corrected chi connectivity index (χ1v) is 25.2. The van der Waals surface area contributed by atoms with Crippen molar-refractivity contribution >= 4 is 68.3 Å². The number of hydrogen-bond donors (Lipinski definition) is 0. The molecule has 55 heavy (non-hydrogen) atoms. The minimum absolute atomic E-state index is 0.353. The lowest BCUT2D eigenvalue weighted by atomic mass is 9.97. The van der Waals surface area contributed by atoms with Crippen LogP contribution in [0.1, 0.15) is 92.7 Å². The van der Waals surface area contributed by atoms with E-state index in [0.717, 1.165) is 17.2 Å². The van der Waals surface area contributed by atoms with Crippen LogP contribution >= 0.6 is 8.60 Å². The zero-order chi connectivity index (χ0) is 39.1. The Bertz CT molecular complexity index is 1940. The van der Waals surface area contributed by atoms with Crippen molar-refractivity contribution in [3.63, 3.8) is 0 Å². The molecule has 0 saturated heterocycles. The topological polar surface area (TPSA) is 27.7 Å². The summed E-state index contributed by atoms with van der Waals surface area (Å²) in [5.74, 6) is 3.70. The van der Waals surface area contributed by atoms with Crippen LogP contribution in [0.2, 0.25) is 0 Å². The molecule has 0 N–H and O–H groups in total. The third kappa shape index (κ3) is 9.98. The standard InChI is InChI=1S/C48H57O3PSi3/c1-31(2)43-34(7)25-28-40(46(43)53-37-19-13-10-14-20-37)49-52(50-41-29-26-35(8)44(32(3)4)47(41)54-38-21-15-11-16-22-38)51-42-30-27-36(9)45(33(5)6)48(42)55-39-23-17-12-18-24-39/h10-33H,53-55H2,1-9H3. The first-order valence-electron chi connectivity index (χ1n) is 19.8. The van der Waals surface area contributed by atoms with Gasteiger partial charge in [0.15, 0.2) is 0 Å². The highest BCUT2D eigenvalue weighted by atomic mass is 31.2. The molecule has 284 valence electrons. The molecule has 3 nitrogen and oxygen atoms in total. The maximum Gasteiger partial charge on any atom is 0.530 e. The van der Waals surface area contributed by atoms with Gasteiger partial charge in [-0.25, -0.2) is 0 Å². The van der Waals surface area contributed by atoms with Crippen LogP contribution in [0.4, 0.5) is 0 Å². The Labute approximate surface area is 338 Å². The summed E-state index contributed by atoms with van der Waals surface area (Å²) in [6, 6.07) is 45.9. The largest absolute Gasteiger partial charge is 0.530 e. The highest BCUT2D eigenvalue weighted by Crippen LogP contribution is 2.43. The van der Waals surface area contributed by atoms with E-state index in [1.807, 2.05) is 0 Å². The van der Waals surface area contributed by atoms with E-state index in [1.54, 1.807) is 0 Å². The van der Waals surface area contributed by atoms with Gasteiger partial charge in [-0.2, -0.15) is 0 Å². The van der Waals surface area contributed by atoms with Crippen LogP contribution in [-0.2, 0) is 0 Å². The first-order chi connectivity index (χ1) is 26.5. The van der Waals surface area contributed by atoms with E-state index in [4.69, 9.17) is 13.6 Å². The van der Waals surface area contributed by atoms with Crippen molar-refractivity contribution in [1.82, 2.24) is 0 Å². The van der Waals surface area contributed by atoms with Crippen molar-refractivity contribution in [2.75, 3.05) is 0 Å². The van der Waals surface area contributed by atoms with Crippen LogP contribution in [0.5, 0.6) is 17.2 Å². The third-order valence-corrected chi connectivity index (χ3v) is 17.4. The average Bonchev–Trinajstić information content (AvgIpc) is 3.15. The molecule has 6 rings (SSSR count). The molecule has 0 unspecified atom stereocenters. The van der Waals surface area contributed by atoms with Gasteiger partial charge in [0.25, 0.3) is 0 Å². The fourth-order valence-electron chi connectivity index (χ4n) is 8.20. The zero-order valence-corrected chi connectivity index (χ0v) is 39.3. The van der Waals surface area contributed by atoms with Crippen molar-refractivity contribution in [3.05, 3.63) is 161 Å². The van der Waals surface area contributed by atoms with E-state index in [9.17, 15) is 0 Å². The Morgan fingerprint density at radius 2 is 0.618 bits per heavy atom. The molecule has 6 aromatic rings. The number of benzene rings is 6. The maximum absolute atomic E-state index is 7.23. The Hall–Kier alpha value is -4.20. The Morgan fingerprint density at radius 3 is 0.855 bits per heavy atom. The van der Waals surface area contributed by atoms with Crippen LogP contribution < -0.4 is 44.7 Å². The Morgan fingerprint density at radius 1 is 0.364 bits per heavy atom. The number of rotatable bonds is 15. The monoisotopic (exact) mass is 796 g/mol. The highest BCUT2D eigenvalue weighted by molar-refractivity contribution is 7.43. The van der Waals surface area contributed by atoms with E-state index < -0.39 is 37.2 Å². The predicted molar refractivity (Wildman–Crippen MR) is 247 cm³/mol. The average molecular weight is 797 g/mol. The maximum atomic E-state index is 7.23. The van der Waals surface area contributed by atoms with E-state index >= 15 is 0 Å². The van der Waals surface area contributed by atoms with Gasteiger partial charge in [-0.15, -0.1) is 0 Å². The molecule has 0 saturated carbocycles. The summed E-state index contributed by atoms with van der Waals surface area (Å²) >= 11 is 0. The lowest BCUT2D eigenvalue weighted by Gasteiger charge is -2.27. The minimum Gasteiger partial charge on any atom is -0.409 e. The van der Waals surface area contributed by atoms with Crippen molar-refractivity contribution < 1.29 is 13.6 Å². The molecular formula is C48H57O3PSi3. The molecule has 0 heterocycles. The van der Waals surface area contributed by atoms with Crippen LogP contribution in [-0.4, -0.2) is 28.6 Å². The molecule has 0 atom stereocenters. The molecule has 0 aromatic heterocycles. The van der Waals surface area contributed by atoms with Gasteiger partial charge in [0.2, 0.25) is 0 Å². The summed E-state index contributed by atoms with van der Waals surface area (Å²) in [4.78, 5) is 0. The fraction of sp³-hybridized carbons (Fsp3) is 0.250. The molecule has 0 aliphatic heterocycles. The summed E-state index contributed by atoms with van der Waals surface area (Å²) in [6.45, 7) is 20.5. The van der Waals surface area contributed by atoms with Gasteiger partial charge in [0.1, 0.15) is 17.2 Å². The quantitative estimate of drug-likeness (QED) is 0.0821. The van der Waals surface area contributed by atoms with E-state index in [1.165, 1.54) is 64.5 Å². The van der Waals surface area contributed by atoms with Gasteiger partial charge >= 0.3 is 8.60 Å². The van der Waals surface area contributed by atoms with Gasteiger partial charge < -0.3 is 13.6 Å². The van der Waals surface area contributed by atoms with Gasteiger partial charge in [0, 0.05) is 0 Å². The second kappa shape index (κ2) is 18.6.